The highest BCUT2D eigenvalue weighted by Gasteiger charge is 2.38. The van der Waals surface area contributed by atoms with Gasteiger partial charge in [-0.3, -0.25) is 4.79 Å². The number of ether oxygens (including phenoxy) is 1. The predicted octanol–water partition coefficient (Wildman–Crippen LogP) is 2.97. The summed E-state index contributed by atoms with van der Waals surface area (Å²) in [7, 11) is -1.19. The van der Waals surface area contributed by atoms with Gasteiger partial charge in [0.15, 0.2) is 5.78 Å². The second-order valence-corrected chi connectivity index (χ2v) is 6.37. The minimum absolute atomic E-state index is 0.0908. The van der Waals surface area contributed by atoms with E-state index >= 15 is 0 Å². The van der Waals surface area contributed by atoms with Gasteiger partial charge in [0.25, 0.3) is 0 Å². The number of hydrogen-bond donors (Lipinski definition) is 1. The van der Waals surface area contributed by atoms with Crippen LogP contribution in [0.1, 0.15) is 39.6 Å². The van der Waals surface area contributed by atoms with E-state index in [2.05, 4.69) is 4.98 Å². The summed E-state index contributed by atoms with van der Waals surface area (Å²) in [4.78, 5) is 28.4. The van der Waals surface area contributed by atoms with Crippen molar-refractivity contribution in [1.82, 2.24) is 4.98 Å². The van der Waals surface area contributed by atoms with E-state index in [0.29, 0.717) is 22.9 Å². The van der Waals surface area contributed by atoms with Gasteiger partial charge >= 0.3 is 13.1 Å². The molecule has 0 unspecified atom stereocenters. The molecular formula is C18H17BClNO5. The van der Waals surface area contributed by atoms with Crippen molar-refractivity contribution in [3.63, 3.8) is 0 Å². The van der Waals surface area contributed by atoms with Crippen molar-refractivity contribution in [2.24, 2.45) is 0 Å². The molecule has 134 valence electrons. The zero-order valence-electron chi connectivity index (χ0n) is 14.1. The molecule has 2 aromatic rings. The maximum absolute atomic E-state index is 12.4. The Morgan fingerprint density at radius 1 is 1.38 bits per heavy atom. The largest absolute Gasteiger partial charge is 0.535 e. The number of para-hydroxylation sites is 1. The number of halogens is 1. The molecule has 0 amide bonds. The number of hydrogen-bond acceptors (Lipinski definition) is 6. The number of nitrogens with zero attached hydrogens (tertiary/aromatic N) is 1. The van der Waals surface area contributed by atoms with Gasteiger partial charge in [0.1, 0.15) is 16.5 Å². The summed E-state index contributed by atoms with van der Waals surface area (Å²) in [5, 5.41) is 10.6. The highest BCUT2D eigenvalue weighted by molar-refractivity contribution is 6.47. The van der Waals surface area contributed by atoms with Crippen LogP contribution in [0.25, 0.3) is 0 Å². The van der Waals surface area contributed by atoms with E-state index < -0.39 is 18.9 Å². The van der Waals surface area contributed by atoms with E-state index in [0.717, 1.165) is 5.56 Å². The number of rotatable bonds is 5. The molecule has 0 spiro atoms. The molecule has 0 radical (unpaired) electrons. The second kappa shape index (κ2) is 7.89. The minimum Gasteiger partial charge on any atom is -0.535 e. The lowest BCUT2D eigenvalue weighted by molar-refractivity contribution is 0.0523. The summed E-state index contributed by atoms with van der Waals surface area (Å²) in [5.74, 6) is -0.774. The fraction of sp³-hybridized carbons (Fsp3) is 0.278. The van der Waals surface area contributed by atoms with Crippen LogP contribution in [-0.4, -0.2) is 35.5 Å². The Kier molecular flexibility index (Phi) is 5.59. The SMILES string of the molecule is CCOC(=O)c1cccc2c1OB(O)[C@@H](CC(=O)c1ccc(Cl)nc1)C2. The van der Waals surface area contributed by atoms with E-state index in [9.17, 15) is 14.6 Å². The number of Topliss-reactive ketones (excluding diaryl/α,β-unsaturated/α-hetero) is 1. The summed E-state index contributed by atoms with van der Waals surface area (Å²) < 4.78 is 10.6. The molecule has 0 aliphatic carbocycles. The van der Waals surface area contributed by atoms with E-state index in [4.69, 9.17) is 21.0 Å². The third-order valence-electron chi connectivity index (χ3n) is 4.21. The first-order chi connectivity index (χ1) is 12.5. The van der Waals surface area contributed by atoms with Crippen molar-refractivity contribution >= 4 is 30.5 Å². The van der Waals surface area contributed by atoms with Gasteiger partial charge in [-0.2, -0.15) is 0 Å². The maximum atomic E-state index is 12.4. The molecule has 0 saturated carbocycles. The lowest BCUT2D eigenvalue weighted by atomic mass is 9.64. The zero-order valence-corrected chi connectivity index (χ0v) is 14.9. The Labute approximate surface area is 156 Å². The average Bonchev–Trinajstić information content (AvgIpc) is 2.62. The molecular weight excluding hydrogens is 356 g/mol. The summed E-state index contributed by atoms with van der Waals surface area (Å²) in [6.07, 6.45) is 1.91. The molecule has 1 N–H and O–H groups in total. The molecule has 8 heteroatoms. The lowest BCUT2D eigenvalue weighted by Crippen LogP contribution is -2.36. The standard InChI is InChI=1S/C18H17BClNO5/c1-2-25-18(23)14-5-3-4-11-8-13(19(24)26-17(11)14)9-15(22)12-6-7-16(20)21-10-12/h3-7,10,13,24H,2,8-9H2,1H3/t13-/m1/s1. The van der Waals surface area contributed by atoms with Crippen molar-refractivity contribution in [2.75, 3.05) is 6.61 Å². The van der Waals surface area contributed by atoms with Gasteiger partial charge in [0.2, 0.25) is 0 Å². The molecule has 0 fully saturated rings. The van der Waals surface area contributed by atoms with Crippen molar-refractivity contribution in [3.05, 3.63) is 58.4 Å². The Balaban J connectivity index is 1.77. The quantitative estimate of drug-likeness (QED) is 0.375. The maximum Gasteiger partial charge on any atom is 0.526 e. The van der Waals surface area contributed by atoms with E-state index in [1.165, 1.54) is 6.20 Å². The fourth-order valence-electron chi connectivity index (χ4n) is 2.92. The van der Waals surface area contributed by atoms with Gasteiger partial charge < -0.3 is 14.4 Å². The number of esters is 1. The molecule has 26 heavy (non-hydrogen) atoms. The molecule has 1 aromatic heterocycles. The normalized spacial score (nSPS) is 15.8. The van der Waals surface area contributed by atoms with Crippen LogP contribution in [0.4, 0.5) is 0 Å². The van der Waals surface area contributed by atoms with Gasteiger partial charge in [0.05, 0.1) is 6.61 Å². The number of aromatic nitrogens is 1. The highest BCUT2D eigenvalue weighted by atomic mass is 35.5. The molecule has 1 aromatic carbocycles. The topological polar surface area (TPSA) is 85.7 Å². The smallest absolute Gasteiger partial charge is 0.526 e. The Morgan fingerprint density at radius 2 is 2.19 bits per heavy atom. The van der Waals surface area contributed by atoms with Crippen LogP contribution in [0.3, 0.4) is 0 Å². The number of carbonyl (C=O) groups is 2. The van der Waals surface area contributed by atoms with Gasteiger partial charge in [0, 0.05) is 24.0 Å². The second-order valence-electron chi connectivity index (χ2n) is 5.98. The average molecular weight is 374 g/mol. The molecule has 0 saturated heterocycles. The monoisotopic (exact) mass is 373 g/mol. The Morgan fingerprint density at radius 3 is 2.88 bits per heavy atom. The summed E-state index contributed by atoms with van der Waals surface area (Å²) in [5.41, 5.74) is 1.45. The van der Waals surface area contributed by atoms with Gasteiger partial charge in [-0.15, -0.1) is 0 Å². The summed E-state index contributed by atoms with van der Waals surface area (Å²) >= 11 is 5.73. The van der Waals surface area contributed by atoms with E-state index in [1.807, 2.05) is 6.07 Å². The zero-order chi connectivity index (χ0) is 18.7. The molecule has 0 bridgehead atoms. The van der Waals surface area contributed by atoms with Crippen molar-refractivity contribution < 1.29 is 24.0 Å². The Hall–Kier alpha value is -2.38. The van der Waals surface area contributed by atoms with Crippen molar-refractivity contribution in [1.29, 1.82) is 0 Å². The lowest BCUT2D eigenvalue weighted by Gasteiger charge is -2.28. The van der Waals surface area contributed by atoms with Crippen LogP contribution in [0.15, 0.2) is 36.5 Å². The first-order valence-electron chi connectivity index (χ1n) is 8.28. The first kappa shape index (κ1) is 18.4. The van der Waals surface area contributed by atoms with Crippen LogP contribution in [0, 0.1) is 0 Å². The van der Waals surface area contributed by atoms with Crippen molar-refractivity contribution in [3.8, 4) is 5.75 Å². The highest BCUT2D eigenvalue weighted by Crippen LogP contribution is 2.37. The van der Waals surface area contributed by atoms with E-state index in [1.54, 1.807) is 31.2 Å². The molecule has 1 aliphatic heterocycles. The Bertz CT molecular complexity index is 827. The predicted molar refractivity (Wildman–Crippen MR) is 96.6 cm³/mol. The van der Waals surface area contributed by atoms with Crippen LogP contribution < -0.4 is 4.65 Å². The van der Waals surface area contributed by atoms with Gasteiger partial charge in [-0.1, -0.05) is 23.7 Å². The number of carbonyl (C=O) groups excluding carboxylic acids is 2. The summed E-state index contributed by atoms with van der Waals surface area (Å²) in [6.45, 7) is 1.97. The number of ketones is 1. The minimum atomic E-state index is -1.19. The van der Waals surface area contributed by atoms with E-state index in [-0.39, 0.29) is 24.4 Å². The summed E-state index contributed by atoms with van der Waals surface area (Å²) in [6, 6.07) is 8.28. The van der Waals surface area contributed by atoms with Crippen molar-refractivity contribution in [2.45, 2.75) is 25.6 Å². The van der Waals surface area contributed by atoms with Crippen LogP contribution in [-0.2, 0) is 11.2 Å². The first-order valence-corrected chi connectivity index (χ1v) is 8.66. The molecule has 2 heterocycles. The van der Waals surface area contributed by atoms with Crippen LogP contribution in [0.2, 0.25) is 11.0 Å². The molecule has 3 rings (SSSR count). The third-order valence-corrected chi connectivity index (χ3v) is 4.44. The fourth-order valence-corrected chi connectivity index (χ4v) is 3.04. The molecule has 6 nitrogen and oxygen atoms in total. The molecule has 1 atom stereocenters. The van der Waals surface area contributed by atoms with Gasteiger partial charge in [-0.05, 0) is 37.1 Å². The number of fused-ring (bicyclic) bond motifs is 1. The third kappa shape index (κ3) is 3.89. The van der Waals surface area contributed by atoms with Crippen LogP contribution >= 0.6 is 11.6 Å². The van der Waals surface area contributed by atoms with Gasteiger partial charge in [-0.25, -0.2) is 9.78 Å². The molecule has 1 aliphatic rings. The number of pyridine rings is 1. The number of benzene rings is 1. The van der Waals surface area contributed by atoms with Crippen LogP contribution in [0.5, 0.6) is 5.75 Å².